The quantitative estimate of drug-likeness (QED) is 0.561. The molecule has 1 aromatic carbocycles. The molecule has 90 valence electrons. The third kappa shape index (κ3) is 4.78. The van der Waals surface area contributed by atoms with Crippen molar-refractivity contribution in [3.8, 4) is 0 Å². The molecule has 1 rings (SSSR count). The zero-order valence-corrected chi connectivity index (χ0v) is 11.2. The Balaban J connectivity index is 2.89. The van der Waals surface area contributed by atoms with E-state index in [2.05, 4.69) is 15.9 Å². The molecule has 0 nitrogen and oxygen atoms in total. The zero-order valence-electron chi connectivity index (χ0n) is 8.77. The second-order valence-electron chi connectivity index (χ2n) is 3.45. The van der Waals surface area contributed by atoms with E-state index in [4.69, 9.17) is 0 Å². The third-order valence-electron chi connectivity index (χ3n) is 2.03. The first kappa shape index (κ1) is 13.9. The topological polar surface area (TPSA) is 0 Å². The Morgan fingerprint density at radius 1 is 1.31 bits per heavy atom. The van der Waals surface area contributed by atoms with Crippen LogP contribution in [0.3, 0.4) is 0 Å². The molecule has 16 heavy (non-hydrogen) atoms. The molecule has 0 spiro atoms. The van der Waals surface area contributed by atoms with Crippen LogP contribution in [0.25, 0.3) is 0 Å². The van der Waals surface area contributed by atoms with Crippen molar-refractivity contribution < 1.29 is 13.2 Å². The van der Waals surface area contributed by atoms with E-state index in [1.807, 2.05) is 6.07 Å². The van der Waals surface area contributed by atoms with E-state index in [1.165, 1.54) is 0 Å². The van der Waals surface area contributed by atoms with Crippen molar-refractivity contribution >= 4 is 27.7 Å². The lowest BCUT2D eigenvalue weighted by atomic mass is 10.1. The largest absolute Gasteiger partial charge is 0.446 e. The molecule has 0 amide bonds. The van der Waals surface area contributed by atoms with E-state index in [1.54, 1.807) is 19.1 Å². The molecule has 0 aliphatic heterocycles. The average molecular weight is 313 g/mol. The maximum Gasteiger partial charge on any atom is 0.446 e. The molecule has 0 unspecified atom stereocenters. The van der Waals surface area contributed by atoms with Gasteiger partial charge in [0.25, 0.3) is 0 Å². The summed E-state index contributed by atoms with van der Waals surface area (Å²) in [6, 6.07) is 5.23. The normalized spacial score (nSPS) is 11.8. The van der Waals surface area contributed by atoms with Crippen LogP contribution in [0.5, 0.6) is 0 Å². The predicted octanol–water partition coefficient (Wildman–Crippen LogP) is 4.93. The van der Waals surface area contributed by atoms with E-state index in [9.17, 15) is 13.2 Å². The minimum absolute atomic E-state index is 0.0233. The van der Waals surface area contributed by atoms with Gasteiger partial charge < -0.3 is 0 Å². The van der Waals surface area contributed by atoms with Crippen LogP contribution in [0.2, 0.25) is 0 Å². The molecule has 0 heterocycles. The summed E-state index contributed by atoms with van der Waals surface area (Å²) in [6.45, 7) is 1.80. The molecule has 0 aliphatic rings. The van der Waals surface area contributed by atoms with Crippen molar-refractivity contribution in [3.63, 3.8) is 0 Å². The van der Waals surface area contributed by atoms with Crippen LogP contribution < -0.4 is 0 Å². The van der Waals surface area contributed by atoms with E-state index >= 15 is 0 Å². The SMILES string of the molecule is Cc1ccc(CCCBr)c(SC(F)(F)F)c1. The standard InChI is InChI=1S/C11H12BrF3S/c1-8-4-5-9(3-2-6-12)10(7-8)16-11(13,14)15/h4-5,7H,2-3,6H2,1H3. The molecule has 0 fully saturated rings. The number of hydrogen-bond donors (Lipinski definition) is 0. The van der Waals surface area contributed by atoms with E-state index in [-0.39, 0.29) is 11.8 Å². The second-order valence-corrected chi connectivity index (χ2v) is 5.35. The smallest absolute Gasteiger partial charge is 0.160 e. The molecule has 0 bridgehead atoms. The summed E-state index contributed by atoms with van der Waals surface area (Å²) in [7, 11) is 0. The molecule has 0 radical (unpaired) electrons. The minimum atomic E-state index is -4.21. The van der Waals surface area contributed by atoms with Crippen molar-refractivity contribution in [1.29, 1.82) is 0 Å². The lowest BCUT2D eigenvalue weighted by Gasteiger charge is -2.11. The zero-order chi connectivity index (χ0) is 12.2. The number of thioether (sulfide) groups is 1. The summed E-state index contributed by atoms with van der Waals surface area (Å²) < 4.78 is 37.0. The van der Waals surface area contributed by atoms with Crippen LogP contribution in [-0.4, -0.2) is 10.8 Å². The Hall–Kier alpha value is -0.160. The molecule has 0 atom stereocenters. The van der Waals surface area contributed by atoms with Crippen molar-refractivity contribution in [3.05, 3.63) is 29.3 Å². The van der Waals surface area contributed by atoms with Gasteiger partial charge in [-0.25, -0.2) is 0 Å². The van der Waals surface area contributed by atoms with Crippen LogP contribution >= 0.6 is 27.7 Å². The van der Waals surface area contributed by atoms with E-state index in [0.29, 0.717) is 11.3 Å². The second kappa shape index (κ2) is 5.96. The molecule has 0 saturated carbocycles. The van der Waals surface area contributed by atoms with Gasteiger partial charge in [0.15, 0.2) is 0 Å². The van der Waals surface area contributed by atoms with Gasteiger partial charge >= 0.3 is 5.51 Å². The fraction of sp³-hybridized carbons (Fsp3) is 0.455. The number of benzene rings is 1. The van der Waals surface area contributed by atoms with Crippen molar-refractivity contribution in [2.75, 3.05) is 5.33 Å². The van der Waals surface area contributed by atoms with Gasteiger partial charge in [0.2, 0.25) is 0 Å². The first-order chi connectivity index (χ1) is 7.42. The molecule has 5 heteroatoms. The van der Waals surface area contributed by atoms with E-state index < -0.39 is 5.51 Å². The molecular weight excluding hydrogens is 301 g/mol. The van der Waals surface area contributed by atoms with Gasteiger partial charge in [-0.1, -0.05) is 28.1 Å². The van der Waals surface area contributed by atoms with Gasteiger partial charge in [-0.3, -0.25) is 0 Å². The molecular formula is C11H12BrF3S. The first-order valence-electron chi connectivity index (χ1n) is 4.83. The van der Waals surface area contributed by atoms with Crippen molar-refractivity contribution in [1.82, 2.24) is 0 Å². The molecule has 0 aromatic heterocycles. The highest BCUT2D eigenvalue weighted by Gasteiger charge is 2.30. The Labute approximate surface area is 106 Å². The Morgan fingerprint density at radius 3 is 2.56 bits per heavy atom. The van der Waals surface area contributed by atoms with Crippen LogP contribution in [-0.2, 0) is 6.42 Å². The Morgan fingerprint density at radius 2 is 2.00 bits per heavy atom. The van der Waals surface area contributed by atoms with Crippen LogP contribution in [0.15, 0.2) is 23.1 Å². The molecule has 0 aliphatic carbocycles. The van der Waals surface area contributed by atoms with E-state index in [0.717, 1.165) is 22.9 Å². The van der Waals surface area contributed by atoms with Gasteiger partial charge in [-0.05, 0) is 48.7 Å². The van der Waals surface area contributed by atoms with Crippen LogP contribution in [0, 0.1) is 6.92 Å². The number of halogens is 4. The monoisotopic (exact) mass is 312 g/mol. The molecule has 0 saturated heterocycles. The highest BCUT2D eigenvalue weighted by molar-refractivity contribution is 9.09. The van der Waals surface area contributed by atoms with Crippen LogP contribution in [0.4, 0.5) is 13.2 Å². The highest BCUT2D eigenvalue weighted by Crippen LogP contribution is 2.39. The van der Waals surface area contributed by atoms with Crippen molar-refractivity contribution in [2.45, 2.75) is 30.2 Å². The van der Waals surface area contributed by atoms with Gasteiger partial charge in [0.05, 0.1) is 0 Å². The van der Waals surface area contributed by atoms with Crippen molar-refractivity contribution in [2.24, 2.45) is 0 Å². The minimum Gasteiger partial charge on any atom is -0.160 e. The number of rotatable bonds is 4. The van der Waals surface area contributed by atoms with Gasteiger partial charge in [0.1, 0.15) is 0 Å². The average Bonchev–Trinajstić information content (AvgIpc) is 2.14. The summed E-state index contributed by atoms with van der Waals surface area (Å²) in [5.74, 6) is 0. The molecule has 1 aromatic rings. The molecule has 0 N–H and O–H groups in total. The summed E-state index contributed by atoms with van der Waals surface area (Å²) >= 11 is 3.25. The highest BCUT2D eigenvalue weighted by atomic mass is 79.9. The Kier molecular flexibility index (Phi) is 5.18. The summed E-state index contributed by atoms with van der Waals surface area (Å²) in [4.78, 5) is 0.327. The van der Waals surface area contributed by atoms with Gasteiger partial charge in [-0.2, -0.15) is 13.2 Å². The number of aryl methyl sites for hydroxylation is 2. The maximum atomic E-state index is 12.3. The Bertz CT molecular complexity index is 350. The maximum absolute atomic E-state index is 12.3. The summed E-state index contributed by atoms with van der Waals surface area (Å²) in [6.07, 6.45) is 1.51. The predicted molar refractivity (Wildman–Crippen MR) is 65.2 cm³/mol. The summed E-state index contributed by atoms with van der Waals surface area (Å²) in [5, 5.41) is 0.803. The third-order valence-corrected chi connectivity index (χ3v) is 3.42. The van der Waals surface area contributed by atoms with Crippen LogP contribution in [0.1, 0.15) is 17.5 Å². The van der Waals surface area contributed by atoms with Gasteiger partial charge in [-0.15, -0.1) is 0 Å². The number of hydrogen-bond acceptors (Lipinski definition) is 1. The fourth-order valence-corrected chi connectivity index (χ4v) is 2.42. The lowest BCUT2D eigenvalue weighted by molar-refractivity contribution is -0.0328. The van der Waals surface area contributed by atoms with Gasteiger partial charge in [0, 0.05) is 10.2 Å². The summed E-state index contributed by atoms with van der Waals surface area (Å²) in [5.41, 5.74) is -2.58. The fourth-order valence-electron chi connectivity index (χ4n) is 1.35. The lowest BCUT2D eigenvalue weighted by Crippen LogP contribution is -2.01. The first-order valence-corrected chi connectivity index (χ1v) is 6.77. The number of alkyl halides is 4.